The topological polar surface area (TPSA) is 114 Å². The Kier molecular flexibility index (Phi) is 11.3. The SMILES string of the molecule is C=C(CC(C)C)C(=O)Nc1cc(Nc2ncc(C(=O)OC(C)C)c(-c3cn(C)c4ccccc34)n2)c(OC)cc1N(C)CCN(C)C. The van der Waals surface area contributed by atoms with Crippen molar-refractivity contribution in [1.82, 2.24) is 19.4 Å². The fourth-order valence-corrected chi connectivity index (χ4v) is 5.24. The first-order valence-electron chi connectivity index (χ1n) is 15.8. The largest absolute Gasteiger partial charge is 0.494 e. The Balaban J connectivity index is 1.81. The highest BCUT2D eigenvalue weighted by Crippen LogP contribution is 2.39. The van der Waals surface area contributed by atoms with Crippen molar-refractivity contribution in [3.63, 3.8) is 0 Å². The van der Waals surface area contributed by atoms with E-state index in [4.69, 9.17) is 14.5 Å². The van der Waals surface area contributed by atoms with E-state index in [-0.39, 0.29) is 29.4 Å². The average molecular weight is 642 g/mol. The Morgan fingerprint density at radius 2 is 1.77 bits per heavy atom. The monoisotopic (exact) mass is 641 g/mol. The highest BCUT2D eigenvalue weighted by atomic mass is 16.5. The van der Waals surface area contributed by atoms with E-state index in [9.17, 15) is 9.59 Å². The molecule has 2 aromatic carbocycles. The van der Waals surface area contributed by atoms with Gasteiger partial charge in [-0.2, -0.15) is 0 Å². The number of fused-ring (bicyclic) bond motifs is 1. The molecule has 0 spiro atoms. The van der Waals surface area contributed by atoms with Crippen LogP contribution in [0.25, 0.3) is 22.2 Å². The Morgan fingerprint density at radius 3 is 2.43 bits per heavy atom. The average Bonchev–Trinajstić information content (AvgIpc) is 3.35. The predicted molar refractivity (Wildman–Crippen MR) is 190 cm³/mol. The molecule has 0 saturated heterocycles. The smallest absolute Gasteiger partial charge is 0.342 e. The van der Waals surface area contributed by atoms with Gasteiger partial charge in [0.1, 0.15) is 11.3 Å². The molecule has 2 N–H and O–H groups in total. The molecule has 0 radical (unpaired) electrons. The van der Waals surface area contributed by atoms with Crippen LogP contribution in [0.3, 0.4) is 0 Å². The summed E-state index contributed by atoms with van der Waals surface area (Å²) in [5, 5.41) is 7.29. The molecule has 0 saturated carbocycles. The molecule has 250 valence electrons. The van der Waals surface area contributed by atoms with Crippen LogP contribution in [0.1, 0.15) is 44.5 Å². The van der Waals surface area contributed by atoms with E-state index in [2.05, 4.69) is 45.8 Å². The van der Waals surface area contributed by atoms with E-state index >= 15 is 0 Å². The molecule has 4 aromatic rings. The Bertz CT molecular complexity index is 1760. The van der Waals surface area contributed by atoms with Crippen molar-refractivity contribution >= 4 is 45.8 Å². The summed E-state index contributed by atoms with van der Waals surface area (Å²) in [5.41, 5.74) is 4.84. The number of aromatic nitrogens is 3. The number of likely N-dealkylation sites (N-methyl/N-ethyl adjacent to an activating group) is 2. The van der Waals surface area contributed by atoms with E-state index in [1.54, 1.807) is 21.0 Å². The summed E-state index contributed by atoms with van der Waals surface area (Å²) in [6.07, 6.45) is 3.69. The predicted octanol–water partition coefficient (Wildman–Crippen LogP) is 6.49. The standard InChI is InChI=1S/C36H47N7O4/c1-22(2)17-24(5)34(44)38-28-18-29(32(46-10)19-31(28)42(8)16-15-41(6)7)39-36-37-20-26(35(45)47-23(3)4)33(40-36)27-21-43(9)30-14-12-11-13-25(27)30/h11-14,18-23H,5,15-17H2,1-4,6-10H3,(H,38,44)(H,37,39,40). The van der Waals surface area contributed by atoms with Crippen molar-refractivity contribution in [2.75, 3.05) is 56.9 Å². The van der Waals surface area contributed by atoms with Gasteiger partial charge < -0.3 is 34.5 Å². The van der Waals surface area contributed by atoms with Crippen molar-refractivity contribution in [3.05, 3.63) is 66.5 Å². The van der Waals surface area contributed by atoms with Gasteiger partial charge in [0.2, 0.25) is 5.95 Å². The van der Waals surface area contributed by atoms with Gasteiger partial charge in [0, 0.05) is 67.7 Å². The van der Waals surface area contributed by atoms with E-state index in [0.29, 0.717) is 41.4 Å². The quantitative estimate of drug-likeness (QED) is 0.118. The third-order valence-corrected chi connectivity index (χ3v) is 7.59. The number of hydrogen-bond donors (Lipinski definition) is 2. The van der Waals surface area contributed by atoms with Crippen LogP contribution < -0.4 is 20.3 Å². The third-order valence-electron chi connectivity index (χ3n) is 7.59. The summed E-state index contributed by atoms with van der Waals surface area (Å²) in [5.74, 6) is 0.290. The molecule has 0 aliphatic carbocycles. The van der Waals surface area contributed by atoms with Crippen LogP contribution in [-0.4, -0.2) is 78.8 Å². The molecule has 47 heavy (non-hydrogen) atoms. The molecule has 2 aromatic heterocycles. The van der Waals surface area contributed by atoms with Crippen molar-refractivity contribution in [2.24, 2.45) is 13.0 Å². The number of anilines is 4. The lowest BCUT2D eigenvalue weighted by Crippen LogP contribution is -2.29. The van der Waals surface area contributed by atoms with Gasteiger partial charge in [-0.15, -0.1) is 0 Å². The number of carbonyl (C=O) groups is 2. The molecule has 0 aliphatic rings. The minimum atomic E-state index is -0.510. The number of carbonyl (C=O) groups excluding carboxylic acids is 2. The third kappa shape index (κ3) is 8.48. The lowest BCUT2D eigenvalue weighted by Gasteiger charge is -2.26. The molecule has 0 unspecified atom stereocenters. The molecule has 11 heteroatoms. The maximum absolute atomic E-state index is 13.2. The lowest BCUT2D eigenvalue weighted by atomic mass is 10.0. The number of para-hydroxylation sites is 1. The maximum Gasteiger partial charge on any atom is 0.342 e. The molecule has 11 nitrogen and oxygen atoms in total. The van der Waals surface area contributed by atoms with Crippen LogP contribution in [0, 0.1) is 5.92 Å². The Labute approximate surface area is 277 Å². The molecule has 0 fully saturated rings. The highest BCUT2D eigenvalue weighted by Gasteiger charge is 2.23. The second kappa shape index (κ2) is 15.1. The highest BCUT2D eigenvalue weighted by molar-refractivity contribution is 6.06. The molecule has 0 atom stereocenters. The number of aryl methyl sites for hydroxylation is 1. The maximum atomic E-state index is 13.2. The number of nitrogens with zero attached hydrogens (tertiary/aromatic N) is 5. The number of amides is 1. The van der Waals surface area contributed by atoms with Gasteiger partial charge in [-0.05, 0) is 52.4 Å². The zero-order chi connectivity index (χ0) is 34.4. The van der Waals surface area contributed by atoms with Crippen LogP contribution in [-0.2, 0) is 16.6 Å². The van der Waals surface area contributed by atoms with Gasteiger partial charge >= 0.3 is 5.97 Å². The molecule has 1 amide bonds. The summed E-state index contributed by atoms with van der Waals surface area (Å²) in [4.78, 5) is 40.0. The number of esters is 1. The normalized spacial score (nSPS) is 11.3. The lowest BCUT2D eigenvalue weighted by molar-refractivity contribution is -0.113. The van der Waals surface area contributed by atoms with E-state index in [1.165, 1.54) is 6.20 Å². The molecule has 4 rings (SSSR count). The van der Waals surface area contributed by atoms with Crippen molar-refractivity contribution < 1.29 is 19.1 Å². The van der Waals surface area contributed by atoms with Gasteiger partial charge in [-0.25, -0.2) is 14.8 Å². The van der Waals surface area contributed by atoms with Gasteiger partial charge in [0.15, 0.2) is 0 Å². The second-order valence-corrected chi connectivity index (χ2v) is 12.7. The fraction of sp³-hybridized carbons (Fsp3) is 0.389. The summed E-state index contributed by atoms with van der Waals surface area (Å²) in [6.45, 7) is 13.2. The van der Waals surface area contributed by atoms with Crippen LogP contribution in [0.15, 0.2) is 60.9 Å². The molecule has 0 bridgehead atoms. The second-order valence-electron chi connectivity index (χ2n) is 12.7. The van der Waals surface area contributed by atoms with E-state index in [0.717, 1.165) is 28.7 Å². The number of rotatable bonds is 14. The molecule has 2 heterocycles. The Hall–Kier alpha value is -4.90. The van der Waals surface area contributed by atoms with Crippen molar-refractivity contribution in [2.45, 2.75) is 40.2 Å². The fourth-order valence-electron chi connectivity index (χ4n) is 5.24. The summed E-state index contributed by atoms with van der Waals surface area (Å²) < 4.78 is 13.4. The van der Waals surface area contributed by atoms with Crippen molar-refractivity contribution in [1.29, 1.82) is 0 Å². The Morgan fingerprint density at radius 1 is 1.04 bits per heavy atom. The first-order chi connectivity index (χ1) is 22.3. The molecular formula is C36H47N7O4. The summed E-state index contributed by atoms with van der Waals surface area (Å²) in [6, 6.07) is 11.6. The van der Waals surface area contributed by atoms with Crippen LogP contribution in [0.5, 0.6) is 5.75 Å². The number of hydrogen-bond acceptors (Lipinski definition) is 9. The number of nitrogens with one attached hydrogen (secondary N) is 2. The van der Waals surface area contributed by atoms with Crippen LogP contribution in [0.2, 0.25) is 0 Å². The van der Waals surface area contributed by atoms with E-state index < -0.39 is 5.97 Å². The van der Waals surface area contributed by atoms with Crippen LogP contribution >= 0.6 is 0 Å². The minimum absolute atomic E-state index is 0.238. The zero-order valence-corrected chi connectivity index (χ0v) is 29.0. The first kappa shape index (κ1) is 35.0. The number of benzene rings is 2. The minimum Gasteiger partial charge on any atom is -0.494 e. The van der Waals surface area contributed by atoms with Gasteiger partial charge in [-0.3, -0.25) is 4.79 Å². The molecule has 0 aliphatic heterocycles. The van der Waals surface area contributed by atoms with Crippen LogP contribution in [0.4, 0.5) is 23.0 Å². The first-order valence-corrected chi connectivity index (χ1v) is 15.8. The number of ether oxygens (including phenoxy) is 2. The zero-order valence-electron chi connectivity index (χ0n) is 29.0. The van der Waals surface area contributed by atoms with Crippen molar-refractivity contribution in [3.8, 4) is 17.0 Å². The summed E-state index contributed by atoms with van der Waals surface area (Å²) in [7, 11) is 9.53. The van der Waals surface area contributed by atoms with Gasteiger partial charge in [0.25, 0.3) is 5.91 Å². The molecular weight excluding hydrogens is 594 g/mol. The van der Waals surface area contributed by atoms with E-state index in [1.807, 2.05) is 75.4 Å². The number of methoxy groups -OCH3 is 1. The van der Waals surface area contributed by atoms with Gasteiger partial charge in [-0.1, -0.05) is 38.6 Å². The van der Waals surface area contributed by atoms with Gasteiger partial charge in [0.05, 0.1) is 36.0 Å². The summed E-state index contributed by atoms with van der Waals surface area (Å²) >= 11 is 0.